The predicted octanol–water partition coefficient (Wildman–Crippen LogP) is 2.85. The molecular weight excluding hydrogens is 425 g/mol. The third-order valence-corrected chi connectivity index (χ3v) is 6.45. The van der Waals surface area contributed by atoms with Crippen LogP contribution < -0.4 is 4.72 Å². The van der Waals surface area contributed by atoms with Gasteiger partial charge in [-0.25, -0.2) is 17.6 Å². The number of para-hydroxylation sites is 1. The van der Waals surface area contributed by atoms with E-state index in [-0.39, 0.29) is 34.2 Å². The van der Waals surface area contributed by atoms with Crippen molar-refractivity contribution >= 4 is 27.7 Å². The zero-order chi connectivity index (χ0) is 22.6. The maximum atomic E-state index is 13.4. The van der Waals surface area contributed by atoms with Gasteiger partial charge in [0, 0.05) is 26.2 Å². The second kappa shape index (κ2) is 9.34. The Morgan fingerprint density at radius 1 is 1.06 bits per heavy atom. The summed E-state index contributed by atoms with van der Waals surface area (Å²) < 4.78 is 46.5. The fourth-order valence-electron chi connectivity index (χ4n) is 3.35. The van der Waals surface area contributed by atoms with Crippen molar-refractivity contribution in [2.75, 3.05) is 37.5 Å². The summed E-state index contributed by atoms with van der Waals surface area (Å²) in [4.78, 5) is 27.9. The summed E-state index contributed by atoms with van der Waals surface area (Å²) in [5.74, 6) is -0.883. The highest BCUT2D eigenvalue weighted by atomic mass is 32.2. The van der Waals surface area contributed by atoms with Crippen LogP contribution in [-0.4, -0.2) is 63.0 Å². The number of ether oxygens (including phenoxy) is 1. The molecule has 0 saturated carbocycles. The van der Waals surface area contributed by atoms with Crippen molar-refractivity contribution in [1.82, 2.24) is 9.80 Å². The van der Waals surface area contributed by atoms with Crippen molar-refractivity contribution in [3.63, 3.8) is 0 Å². The number of anilines is 1. The molecule has 2 aromatic carbocycles. The molecule has 2 amide bonds. The predicted molar refractivity (Wildman–Crippen MR) is 113 cm³/mol. The Labute approximate surface area is 180 Å². The maximum absolute atomic E-state index is 13.4. The normalized spacial score (nSPS) is 14.3. The molecule has 2 aromatic rings. The molecule has 0 unspecified atom stereocenters. The van der Waals surface area contributed by atoms with Crippen LogP contribution in [0.25, 0.3) is 0 Å². The minimum absolute atomic E-state index is 0.0702. The van der Waals surface area contributed by atoms with Crippen molar-refractivity contribution in [3.8, 4) is 0 Å². The number of carbonyl (C=O) groups excluding carboxylic acids is 2. The number of hydrogen-bond acceptors (Lipinski definition) is 5. The summed E-state index contributed by atoms with van der Waals surface area (Å²) in [5.41, 5.74) is 0.575. The number of aryl methyl sites for hydroxylation is 1. The standard InChI is InChI=1S/C21H24FN3O5S/c1-3-30-21(27)25-12-10-24(11-13-25)20(26)17-6-4-5-7-18(17)23-31(28,29)19-9-8-16(22)14-15(19)2/h4-9,14,23H,3,10-13H2,1-2H3. The number of nitrogens with zero attached hydrogens (tertiary/aromatic N) is 2. The number of sulfonamides is 1. The summed E-state index contributed by atoms with van der Waals surface area (Å²) in [6.45, 7) is 4.76. The monoisotopic (exact) mass is 449 g/mol. The Morgan fingerprint density at radius 2 is 1.71 bits per heavy atom. The molecule has 1 aliphatic rings. The van der Waals surface area contributed by atoms with Gasteiger partial charge in [0.1, 0.15) is 5.82 Å². The molecule has 0 aromatic heterocycles. The highest BCUT2D eigenvalue weighted by Crippen LogP contribution is 2.24. The molecule has 166 valence electrons. The molecule has 0 atom stereocenters. The first-order chi connectivity index (χ1) is 14.7. The van der Waals surface area contributed by atoms with Crippen molar-refractivity contribution in [2.24, 2.45) is 0 Å². The van der Waals surface area contributed by atoms with Gasteiger partial charge in [0.15, 0.2) is 0 Å². The zero-order valence-electron chi connectivity index (χ0n) is 17.3. The SMILES string of the molecule is CCOC(=O)N1CCN(C(=O)c2ccccc2NS(=O)(=O)c2ccc(F)cc2C)CC1. The van der Waals surface area contributed by atoms with Gasteiger partial charge in [-0.05, 0) is 49.7 Å². The summed E-state index contributed by atoms with van der Waals surface area (Å²) in [7, 11) is -4.03. The number of rotatable bonds is 5. The van der Waals surface area contributed by atoms with Crippen molar-refractivity contribution in [1.29, 1.82) is 0 Å². The van der Waals surface area contributed by atoms with Crippen molar-refractivity contribution in [2.45, 2.75) is 18.7 Å². The van der Waals surface area contributed by atoms with Gasteiger partial charge in [-0.3, -0.25) is 9.52 Å². The number of benzene rings is 2. The lowest BCUT2D eigenvalue weighted by Gasteiger charge is -2.34. The number of nitrogens with one attached hydrogen (secondary N) is 1. The largest absolute Gasteiger partial charge is 0.450 e. The lowest BCUT2D eigenvalue weighted by Crippen LogP contribution is -2.50. The molecule has 0 bridgehead atoms. The van der Waals surface area contributed by atoms with Crippen LogP contribution in [-0.2, 0) is 14.8 Å². The molecule has 1 N–H and O–H groups in total. The molecule has 1 saturated heterocycles. The second-order valence-corrected chi connectivity index (χ2v) is 8.69. The Kier molecular flexibility index (Phi) is 6.79. The van der Waals surface area contributed by atoms with E-state index in [1.165, 1.54) is 30.0 Å². The van der Waals surface area contributed by atoms with Gasteiger partial charge in [0.05, 0.1) is 22.8 Å². The molecule has 31 heavy (non-hydrogen) atoms. The van der Waals surface area contributed by atoms with Crippen LogP contribution in [0.3, 0.4) is 0 Å². The van der Waals surface area contributed by atoms with Gasteiger partial charge in [0.2, 0.25) is 0 Å². The molecule has 0 radical (unpaired) electrons. The van der Waals surface area contributed by atoms with Gasteiger partial charge in [-0.1, -0.05) is 12.1 Å². The first kappa shape index (κ1) is 22.5. The quantitative estimate of drug-likeness (QED) is 0.757. The summed E-state index contributed by atoms with van der Waals surface area (Å²) in [6.07, 6.45) is -0.419. The zero-order valence-corrected chi connectivity index (χ0v) is 18.1. The van der Waals surface area contributed by atoms with Gasteiger partial charge in [-0.15, -0.1) is 0 Å². The molecular formula is C21H24FN3O5S. The minimum Gasteiger partial charge on any atom is -0.450 e. The summed E-state index contributed by atoms with van der Waals surface area (Å²) in [5, 5.41) is 0. The molecule has 0 spiro atoms. The molecule has 3 rings (SSSR count). The fraction of sp³-hybridized carbons (Fsp3) is 0.333. The Morgan fingerprint density at radius 3 is 2.35 bits per heavy atom. The van der Waals surface area contributed by atoms with E-state index >= 15 is 0 Å². The smallest absolute Gasteiger partial charge is 0.409 e. The van der Waals surface area contributed by atoms with E-state index in [0.717, 1.165) is 12.1 Å². The van der Waals surface area contributed by atoms with E-state index in [1.54, 1.807) is 24.0 Å². The van der Waals surface area contributed by atoms with Crippen LogP contribution in [0.5, 0.6) is 0 Å². The minimum atomic E-state index is -4.03. The second-order valence-electron chi connectivity index (χ2n) is 7.04. The molecule has 8 nitrogen and oxygen atoms in total. The fourth-order valence-corrected chi connectivity index (χ4v) is 4.66. The first-order valence-electron chi connectivity index (χ1n) is 9.82. The van der Waals surface area contributed by atoms with E-state index in [4.69, 9.17) is 4.74 Å². The average molecular weight is 450 g/mol. The highest BCUT2D eigenvalue weighted by Gasteiger charge is 2.28. The van der Waals surface area contributed by atoms with E-state index in [1.807, 2.05) is 0 Å². The van der Waals surface area contributed by atoms with Crippen LogP contribution in [0.1, 0.15) is 22.8 Å². The lowest BCUT2D eigenvalue weighted by atomic mass is 10.1. The van der Waals surface area contributed by atoms with Crippen LogP contribution in [0.2, 0.25) is 0 Å². The number of hydrogen-bond donors (Lipinski definition) is 1. The van der Waals surface area contributed by atoms with Crippen LogP contribution in [0.4, 0.5) is 14.9 Å². The number of carbonyl (C=O) groups is 2. The van der Waals surface area contributed by atoms with Crippen molar-refractivity contribution in [3.05, 3.63) is 59.4 Å². The first-order valence-corrected chi connectivity index (χ1v) is 11.3. The Hall–Kier alpha value is -3.14. The van der Waals surface area contributed by atoms with Gasteiger partial charge in [-0.2, -0.15) is 0 Å². The van der Waals surface area contributed by atoms with Gasteiger partial charge < -0.3 is 14.5 Å². The Balaban J connectivity index is 1.78. The van der Waals surface area contributed by atoms with E-state index in [9.17, 15) is 22.4 Å². The van der Waals surface area contributed by atoms with Crippen LogP contribution in [0, 0.1) is 12.7 Å². The highest BCUT2D eigenvalue weighted by molar-refractivity contribution is 7.92. The molecule has 1 fully saturated rings. The molecule has 10 heteroatoms. The van der Waals surface area contributed by atoms with E-state index < -0.39 is 21.9 Å². The van der Waals surface area contributed by atoms with Crippen LogP contribution >= 0.6 is 0 Å². The number of halogens is 1. The Bertz CT molecular complexity index is 1080. The molecule has 1 heterocycles. The van der Waals surface area contributed by atoms with E-state index in [0.29, 0.717) is 26.2 Å². The molecule has 1 aliphatic heterocycles. The van der Waals surface area contributed by atoms with Gasteiger partial charge >= 0.3 is 6.09 Å². The number of amides is 2. The average Bonchev–Trinajstić information content (AvgIpc) is 2.73. The van der Waals surface area contributed by atoms with Crippen LogP contribution in [0.15, 0.2) is 47.4 Å². The summed E-state index contributed by atoms with van der Waals surface area (Å²) >= 11 is 0. The van der Waals surface area contributed by atoms with E-state index in [2.05, 4.69) is 4.72 Å². The number of piperazine rings is 1. The molecule has 0 aliphatic carbocycles. The summed E-state index contributed by atoms with van der Waals surface area (Å²) in [6, 6.07) is 9.68. The maximum Gasteiger partial charge on any atom is 0.409 e. The van der Waals surface area contributed by atoms with Gasteiger partial charge in [0.25, 0.3) is 15.9 Å². The topological polar surface area (TPSA) is 96.0 Å². The third kappa shape index (κ3) is 5.13. The van der Waals surface area contributed by atoms with Crippen molar-refractivity contribution < 1.29 is 27.1 Å². The third-order valence-electron chi connectivity index (χ3n) is 4.92. The lowest BCUT2D eigenvalue weighted by molar-refractivity contribution is 0.0571.